The molecule has 14 heavy (non-hydrogen) atoms. The number of hydrogen-bond donors (Lipinski definition) is 1. The Morgan fingerprint density at radius 2 is 1.71 bits per heavy atom. The second kappa shape index (κ2) is 4.55. The Bertz CT molecular complexity index is 225. The van der Waals surface area contributed by atoms with Crippen molar-refractivity contribution in [1.29, 1.82) is 0 Å². The minimum Gasteiger partial charge on any atom is -0.459 e. The Hall–Kier alpha value is -0.900. The summed E-state index contributed by atoms with van der Waals surface area (Å²) in [5.74, 6) is -2.12. The molecule has 0 aliphatic heterocycles. The van der Waals surface area contributed by atoms with Crippen molar-refractivity contribution in [2.24, 2.45) is 5.92 Å². The van der Waals surface area contributed by atoms with Crippen molar-refractivity contribution in [2.45, 2.75) is 46.3 Å². The predicted octanol–water partition coefficient (Wildman–Crippen LogP) is 0.914. The smallest absolute Gasteiger partial charge is 0.319 e. The van der Waals surface area contributed by atoms with Crippen LogP contribution in [0.25, 0.3) is 0 Å². The first-order chi connectivity index (χ1) is 6.15. The van der Waals surface area contributed by atoms with E-state index in [2.05, 4.69) is 0 Å². The summed E-state index contributed by atoms with van der Waals surface area (Å²) >= 11 is 0. The van der Waals surface area contributed by atoms with Gasteiger partial charge in [-0.2, -0.15) is 0 Å². The number of rotatable bonds is 3. The Kier molecular flexibility index (Phi) is 4.26. The maximum atomic E-state index is 11.4. The third-order valence-electron chi connectivity index (χ3n) is 1.58. The average molecular weight is 202 g/mol. The minimum atomic E-state index is -1.07. The molecule has 0 bridgehead atoms. The quantitative estimate of drug-likeness (QED) is 0.546. The fraction of sp³-hybridized carbons (Fsp3) is 0.800. The van der Waals surface area contributed by atoms with Gasteiger partial charge in [-0.15, -0.1) is 0 Å². The number of hydrogen-bond acceptors (Lipinski definition) is 4. The average Bonchev–Trinajstić information content (AvgIpc) is 1.78. The topological polar surface area (TPSA) is 63.6 Å². The van der Waals surface area contributed by atoms with Crippen LogP contribution >= 0.6 is 0 Å². The summed E-state index contributed by atoms with van der Waals surface area (Å²) in [7, 11) is 0. The zero-order valence-corrected chi connectivity index (χ0v) is 9.33. The SMILES string of the molecule is CC(=O)C(C(=O)OC(C)(C)C)C(C)O. The lowest BCUT2D eigenvalue weighted by Crippen LogP contribution is -2.37. The van der Waals surface area contributed by atoms with Gasteiger partial charge < -0.3 is 9.84 Å². The molecule has 0 rings (SSSR count). The molecule has 82 valence electrons. The zero-order valence-electron chi connectivity index (χ0n) is 9.33. The van der Waals surface area contributed by atoms with E-state index in [-0.39, 0.29) is 5.78 Å². The maximum Gasteiger partial charge on any atom is 0.319 e. The van der Waals surface area contributed by atoms with Crippen molar-refractivity contribution in [3.05, 3.63) is 0 Å². The highest BCUT2D eigenvalue weighted by Crippen LogP contribution is 2.14. The van der Waals surface area contributed by atoms with Gasteiger partial charge in [0.1, 0.15) is 17.3 Å². The second-order valence-corrected chi connectivity index (χ2v) is 4.36. The number of aliphatic hydroxyl groups excluding tert-OH is 1. The molecule has 1 N–H and O–H groups in total. The monoisotopic (exact) mass is 202 g/mol. The highest BCUT2D eigenvalue weighted by molar-refractivity contribution is 5.98. The van der Waals surface area contributed by atoms with Gasteiger partial charge in [-0.1, -0.05) is 0 Å². The largest absolute Gasteiger partial charge is 0.459 e. The number of carbonyl (C=O) groups excluding carboxylic acids is 2. The lowest BCUT2D eigenvalue weighted by atomic mass is 9.99. The molecule has 0 heterocycles. The highest BCUT2D eigenvalue weighted by atomic mass is 16.6. The van der Waals surface area contributed by atoms with Crippen LogP contribution in [0.3, 0.4) is 0 Å². The molecule has 0 aromatic heterocycles. The van der Waals surface area contributed by atoms with Crippen LogP contribution in [-0.4, -0.2) is 28.6 Å². The molecule has 0 aliphatic carbocycles. The minimum absolute atomic E-state index is 0.380. The first-order valence-electron chi connectivity index (χ1n) is 4.56. The summed E-state index contributed by atoms with van der Waals surface area (Å²) in [4.78, 5) is 22.5. The molecule has 2 unspecified atom stereocenters. The molecule has 2 atom stereocenters. The molecular weight excluding hydrogens is 184 g/mol. The summed E-state index contributed by atoms with van der Waals surface area (Å²) in [6, 6.07) is 0. The van der Waals surface area contributed by atoms with Crippen LogP contribution < -0.4 is 0 Å². The van der Waals surface area contributed by atoms with Crippen molar-refractivity contribution in [3.8, 4) is 0 Å². The van der Waals surface area contributed by atoms with E-state index in [0.29, 0.717) is 0 Å². The molecule has 0 fully saturated rings. The van der Waals surface area contributed by atoms with Crippen LogP contribution in [0.1, 0.15) is 34.6 Å². The van der Waals surface area contributed by atoms with Crippen molar-refractivity contribution in [3.63, 3.8) is 0 Å². The van der Waals surface area contributed by atoms with E-state index < -0.39 is 23.6 Å². The molecule has 0 aromatic rings. The van der Waals surface area contributed by atoms with Gasteiger partial charge in [0.05, 0.1) is 6.10 Å². The molecule has 4 heteroatoms. The lowest BCUT2D eigenvalue weighted by Gasteiger charge is -2.23. The van der Waals surface area contributed by atoms with Gasteiger partial charge in [-0.05, 0) is 34.6 Å². The Morgan fingerprint density at radius 1 is 1.29 bits per heavy atom. The van der Waals surface area contributed by atoms with E-state index in [1.54, 1.807) is 20.8 Å². The van der Waals surface area contributed by atoms with Crippen LogP contribution in [-0.2, 0) is 14.3 Å². The number of Topliss-reactive ketones (excluding diaryl/α,β-unsaturated/α-hetero) is 1. The molecule has 0 aliphatic rings. The molecule has 0 spiro atoms. The highest BCUT2D eigenvalue weighted by Gasteiger charge is 2.32. The van der Waals surface area contributed by atoms with Gasteiger partial charge in [-0.3, -0.25) is 9.59 Å². The standard InChI is InChI=1S/C10H18O4/c1-6(11)8(7(2)12)9(13)14-10(3,4)5/h6,8,11H,1-5H3. The Balaban J connectivity index is 4.55. The fourth-order valence-corrected chi connectivity index (χ4v) is 1.07. The second-order valence-electron chi connectivity index (χ2n) is 4.36. The van der Waals surface area contributed by atoms with E-state index in [0.717, 1.165) is 0 Å². The molecule has 0 saturated heterocycles. The van der Waals surface area contributed by atoms with E-state index in [1.807, 2.05) is 0 Å². The van der Waals surface area contributed by atoms with Crippen LogP contribution in [0, 0.1) is 5.92 Å². The van der Waals surface area contributed by atoms with Crippen molar-refractivity contribution >= 4 is 11.8 Å². The number of esters is 1. The first kappa shape index (κ1) is 13.1. The van der Waals surface area contributed by atoms with Gasteiger partial charge in [0.2, 0.25) is 0 Å². The predicted molar refractivity (Wildman–Crippen MR) is 51.7 cm³/mol. The Morgan fingerprint density at radius 3 is 1.93 bits per heavy atom. The number of carbonyl (C=O) groups is 2. The number of ether oxygens (including phenoxy) is 1. The third kappa shape index (κ3) is 4.37. The molecule has 4 nitrogen and oxygen atoms in total. The van der Waals surface area contributed by atoms with E-state index >= 15 is 0 Å². The van der Waals surface area contributed by atoms with Crippen LogP contribution in [0.2, 0.25) is 0 Å². The molecule has 0 amide bonds. The van der Waals surface area contributed by atoms with Gasteiger partial charge in [0.25, 0.3) is 0 Å². The van der Waals surface area contributed by atoms with Gasteiger partial charge in [0, 0.05) is 0 Å². The van der Waals surface area contributed by atoms with E-state index in [4.69, 9.17) is 4.74 Å². The van der Waals surface area contributed by atoms with E-state index in [9.17, 15) is 14.7 Å². The summed E-state index contributed by atoms with van der Waals surface area (Å²) in [6.45, 7) is 7.80. The third-order valence-corrected chi connectivity index (χ3v) is 1.58. The van der Waals surface area contributed by atoms with Gasteiger partial charge >= 0.3 is 5.97 Å². The van der Waals surface area contributed by atoms with Gasteiger partial charge in [-0.25, -0.2) is 0 Å². The van der Waals surface area contributed by atoms with Crippen LogP contribution in [0.5, 0.6) is 0 Å². The Labute approximate surface area is 84.3 Å². The molecular formula is C10H18O4. The van der Waals surface area contributed by atoms with Gasteiger partial charge in [0.15, 0.2) is 0 Å². The summed E-state index contributed by atoms with van der Waals surface area (Å²) in [5.41, 5.74) is -0.639. The maximum absolute atomic E-state index is 11.4. The molecule has 0 radical (unpaired) electrons. The summed E-state index contributed by atoms with van der Waals surface area (Å²) in [5, 5.41) is 9.23. The molecule has 0 saturated carbocycles. The normalized spacial score (nSPS) is 15.9. The molecule has 0 aromatic carbocycles. The zero-order chi connectivity index (χ0) is 11.5. The fourth-order valence-electron chi connectivity index (χ4n) is 1.07. The van der Waals surface area contributed by atoms with Crippen LogP contribution in [0.15, 0.2) is 0 Å². The summed E-state index contributed by atoms with van der Waals surface area (Å²) < 4.78 is 5.00. The lowest BCUT2D eigenvalue weighted by molar-refractivity contribution is -0.165. The van der Waals surface area contributed by atoms with E-state index in [1.165, 1.54) is 13.8 Å². The summed E-state index contributed by atoms with van der Waals surface area (Å²) in [6.07, 6.45) is -1.01. The van der Waals surface area contributed by atoms with Crippen molar-refractivity contribution < 1.29 is 19.4 Å². The van der Waals surface area contributed by atoms with Crippen molar-refractivity contribution in [1.82, 2.24) is 0 Å². The van der Waals surface area contributed by atoms with Crippen LogP contribution in [0.4, 0.5) is 0 Å². The number of ketones is 1. The number of aliphatic hydroxyl groups is 1. The first-order valence-corrected chi connectivity index (χ1v) is 4.56. The van der Waals surface area contributed by atoms with Crippen molar-refractivity contribution in [2.75, 3.05) is 0 Å².